The van der Waals surface area contributed by atoms with Gasteiger partial charge in [-0.15, -0.1) is 0 Å². The zero-order valence-corrected chi connectivity index (χ0v) is 11.8. The second kappa shape index (κ2) is 5.00. The van der Waals surface area contributed by atoms with Gasteiger partial charge in [0.2, 0.25) is 0 Å². The highest BCUT2D eigenvalue weighted by Gasteiger charge is 2.39. The highest BCUT2D eigenvalue weighted by atomic mass is 15.3. The third-order valence-electron chi connectivity index (χ3n) is 3.56. The Morgan fingerprint density at radius 2 is 2.10 bits per heavy atom. The Labute approximate surface area is 118 Å². The van der Waals surface area contributed by atoms with E-state index in [-0.39, 0.29) is 0 Å². The Bertz CT molecular complexity index is 614. The number of para-hydroxylation sites is 1. The molecular formula is C15H19N5. The molecule has 5 nitrogen and oxygen atoms in total. The lowest BCUT2D eigenvalue weighted by atomic mass is 10.2. The lowest BCUT2D eigenvalue weighted by molar-refractivity contribution is 0.608. The molecule has 104 valence electrons. The molecule has 1 aliphatic rings. The van der Waals surface area contributed by atoms with Crippen LogP contribution in [0.2, 0.25) is 0 Å². The molecule has 1 aromatic carbocycles. The molecule has 0 radical (unpaired) electrons. The summed E-state index contributed by atoms with van der Waals surface area (Å²) in [5.74, 6) is 1.04. The zero-order chi connectivity index (χ0) is 14.1. The van der Waals surface area contributed by atoms with Crippen LogP contribution in [-0.4, -0.2) is 40.8 Å². The standard InChI is InChI=1S/C15H19N5/c1-19(2)15(16)18-14-8-13(14)11-9-17-20(10-11)12-6-4-3-5-7-12/h3-7,9-10,13-14H,8H2,1-2H3,(H2,16,18)/t13-,14+/m0/s1. The summed E-state index contributed by atoms with van der Waals surface area (Å²) in [6.07, 6.45) is 5.06. The number of hydrogen-bond acceptors (Lipinski definition) is 2. The van der Waals surface area contributed by atoms with Crippen molar-refractivity contribution in [1.82, 2.24) is 14.7 Å². The molecule has 1 aromatic heterocycles. The largest absolute Gasteiger partial charge is 0.370 e. The molecule has 20 heavy (non-hydrogen) atoms. The lowest BCUT2D eigenvalue weighted by Gasteiger charge is -2.09. The molecule has 2 atom stereocenters. The number of aliphatic imine (C=N–C) groups is 1. The van der Waals surface area contributed by atoms with Crippen LogP contribution in [0.1, 0.15) is 17.9 Å². The van der Waals surface area contributed by atoms with Gasteiger partial charge in [-0.2, -0.15) is 5.10 Å². The average molecular weight is 269 g/mol. The van der Waals surface area contributed by atoms with Crippen LogP contribution in [-0.2, 0) is 0 Å². The normalized spacial score (nSPS) is 21.8. The fourth-order valence-electron chi connectivity index (χ4n) is 2.22. The number of rotatable bonds is 3. The molecular weight excluding hydrogens is 250 g/mol. The van der Waals surface area contributed by atoms with Gasteiger partial charge in [-0.3, -0.25) is 0 Å². The van der Waals surface area contributed by atoms with Crippen LogP contribution in [0.4, 0.5) is 0 Å². The Morgan fingerprint density at radius 3 is 2.80 bits per heavy atom. The Morgan fingerprint density at radius 1 is 1.35 bits per heavy atom. The van der Waals surface area contributed by atoms with Gasteiger partial charge in [0.05, 0.1) is 17.9 Å². The van der Waals surface area contributed by atoms with E-state index in [1.54, 1.807) is 0 Å². The summed E-state index contributed by atoms with van der Waals surface area (Å²) in [5.41, 5.74) is 8.16. The van der Waals surface area contributed by atoms with Crippen LogP contribution in [0, 0.1) is 0 Å². The Hall–Kier alpha value is -2.30. The van der Waals surface area contributed by atoms with E-state index < -0.39 is 0 Å². The van der Waals surface area contributed by atoms with E-state index >= 15 is 0 Å². The number of guanidine groups is 1. The molecule has 5 heteroatoms. The smallest absolute Gasteiger partial charge is 0.191 e. The minimum absolute atomic E-state index is 0.297. The van der Waals surface area contributed by atoms with Gasteiger partial charge in [-0.25, -0.2) is 9.67 Å². The molecule has 0 unspecified atom stereocenters. The van der Waals surface area contributed by atoms with Crippen molar-refractivity contribution in [2.24, 2.45) is 10.7 Å². The molecule has 2 aromatic rings. The Balaban J connectivity index is 1.72. The number of nitrogens with zero attached hydrogens (tertiary/aromatic N) is 4. The monoisotopic (exact) mass is 269 g/mol. The van der Waals surface area contributed by atoms with E-state index in [2.05, 4.69) is 16.3 Å². The first-order valence-electron chi connectivity index (χ1n) is 6.76. The number of nitrogens with two attached hydrogens (primary N) is 1. The van der Waals surface area contributed by atoms with Crippen LogP contribution >= 0.6 is 0 Å². The van der Waals surface area contributed by atoms with Crippen molar-refractivity contribution in [1.29, 1.82) is 0 Å². The molecule has 0 spiro atoms. The molecule has 0 saturated heterocycles. The zero-order valence-electron chi connectivity index (χ0n) is 11.8. The quantitative estimate of drug-likeness (QED) is 0.680. The first-order chi connectivity index (χ1) is 9.65. The maximum Gasteiger partial charge on any atom is 0.191 e. The van der Waals surface area contributed by atoms with Crippen LogP contribution in [0.15, 0.2) is 47.7 Å². The molecule has 3 rings (SSSR count). The minimum atomic E-state index is 0.297. The molecule has 0 amide bonds. The maximum atomic E-state index is 5.85. The SMILES string of the molecule is CN(C)C(N)=N[C@@H]1C[C@H]1c1cnn(-c2ccccc2)c1. The van der Waals surface area contributed by atoms with Crippen molar-refractivity contribution < 1.29 is 0 Å². The van der Waals surface area contributed by atoms with E-state index in [1.165, 1.54) is 5.56 Å². The topological polar surface area (TPSA) is 59.4 Å². The van der Waals surface area contributed by atoms with Gasteiger partial charge in [0.1, 0.15) is 0 Å². The van der Waals surface area contributed by atoms with E-state index in [0.29, 0.717) is 17.9 Å². The number of hydrogen-bond donors (Lipinski definition) is 1. The van der Waals surface area contributed by atoms with E-state index in [4.69, 9.17) is 5.73 Å². The van der Waals surface area contributed by atoms with Gasteiger partial charge < -0.3 is 10.6 Å². The van der Waals surface area contributed by atoms with Gasteiger partial charge in [-0.05, 0) is 24.1 Å². The molecule has 0 aliphatic heterocycles. The van der Waals surface area contributed by atoms with Crippen LogP contribution in [0.5, 0.6) is 0 Å². The molecule has 0 bridgehead atoms. The second-order valence-corrected chi connectivity index (χ2v) is 5.35. The fraction of sp³-hybridized carbons (Fsp3) is 0.333. The van der Waals surface area contributed by atoms with Gasteiger partial charge in [-0.1, -0.05) is 18.2 Å². The van der Waals surface area contributed by atoms with E-state index in [1.807, 2.05) is 60.2 Å². The van der Waals surface area contributed by atoms with Crippen molar-refractivity contribution in [3.05, 3.63) is 48.3 Å². The molecule has 2 N–H and O–H groups in total. The first kappa shape index (κ1) is 12.7. The van der Waals surface area contributed by atoms with Gasteiger partial charge in [0.25, 0.3) is 0 Å². The number of aromatic nitrogens is 2. The van der Waals surface area contributed by atoms with E-state index in [0.717, 1.165) is 12.1 Å². The highest BCUT2D eigenvalue weighted by molar-refractivity contribution is 5.78. The van der Waals surface area contributed by atoms with Gasteiger partial charge in [0.15, 0.2) is 5.96 Å². The van der Waals surface area contributed by atoms with Gasteiger partial charge in [0, 0.05) is 26.2 Å². The van der Waals surface area contributed by atoms with Crippen LogP contribution < -0.4 is 5.73 Å². The Kier molecular flexibility index (Phi) is 3.18. The van der Waals surface area contributed by atoms with Crippen molar-refractivity contribution >= 4 is 5.96 Å². The third-order valence-corrected chi connectivity index (χ3v) is 3.56. The lowest BCUT2D eigenvalue weighted by Crippen LogP contribution is -2.30. The first-order valence-corrected chi connectivity index (χ1v) is 6.76. The second-order valence-electron chi connectivity index (χ2n) is 5.35. The molecule has 1 fully saturated rings. The minimum Gasteiger partial charge on any atom is -0.370 e. The molecule has 1 saturated carbocycles. The van der Waals surface area contributed by atoms with Crippen molar-refractivity contribution in [2.75, 3.05) is 14.1 Å². The third kappa shape index (κ3) is 2.52. The predicted molar refractivity (Wildman–Crippen MR) is 80.0 cm³/mol. The van der Waals surface area contributed by atoms with Crippen molar-refractivity contribution in [2.45, 2.75) is 18.4 Å². The molecule has 1 heterocycles. The summed E-state index contributed by atoms with van der Waals surface area (Å²) in [6, 6.07) is 10.4. The summed E-state index contributed by atoms with van der Waals surface area (Å²) >= 11 is 0. The summed E-state index contributed by atoms with van der Waals surface area (Å²) in [6.45, 7) is 0. The maximum absolute atomic E-state index is 5.85. The summed E-state index contributed by atoms with van der Waals surface area (Å²) in [4.78, 5) is 6.35. The van der Waals surface area contributed by atoms with Crippen molar-refractivity contribution in [3.8, 4) is 5.69 Å². The fourth-order valence-corrected chi connectivity index (χ4v) is 2.22. The predicted octanol–water partition coefficient (Wildman–Crippen LogP) is 1.60. The molecule has 1 aliphatic carbocycles. The summed E-state index contributed by atoms with van der Waals surface area (Å²) in [7, 11) is 3.81. The summed E-state index contributed by atoms with van der Waals surface area (Å²) in [5, 5.41) is 4.42. The van der Waals surface area contributed by atoms with Gasteiger partial charge >= 0.3 is 0 Å². The summed E-state index contributed by atoms with van der Waals surface area (Å²) < 4.78 is 1.91. The number of benzene rings is 1. The van der Waals surface area contributed by atoms with Crippen molar-refractivity contribution in [3.63, 3.8) is 0 Å². The average Bonchev–Trinajstić information content (AvgIpc) is 3.03. The van der Waals surface area contributed by atoms with E-state index in [9.17, 15) is 0 Å². The highest BCUT2D eigenvalue weighted by Crippen LogP contribution is 2.43. The van der Waals surface area contributed by atoms with Crippen LogP contribution in [0.25, 0.3) is 5.69 Å². The van der Waals surface area contributed by atoms with Crippen LogP contribution in [0.3, 0.4) is 0 Å².